The summed E-state index contributed by atoms with van der Waals surface area (Å²) in [6.07, 6.45) is -0.184. The predicted octanol–water partition coefficient (Wildman–Crippen LogP) is -1.70. The highest BCUT2D eigenvalue weighted by Crippen LogP contribution is 1.93. The van der Waals surface area contributed by atoms with Crippen molar-refractivity contribution in [1.29, 1.82) is 0 Å². The smallest absolute Gasteiger partial charge is 0.229 e. The molecule has 0 aromatic rings. The van der Waals surface area contributed by atoms with Crippen LogP contribution in [0.1, 0.15) is 20.3 Å². The third-order valence-electron chi connectivity index (χ3n) is 1.53. The van der Waals surface area contributed by atoms with Gasteiger partial charge in [0.1, 0.15) is 6.42 Å². The summed E-state index contributed by atoms with van der Waals surface area (Å²) < 4.78 is 0. The van der Waals surface area contributed by atoms with Gasteiger partial charge in [-0.15, -0.1) is 0 Å². The predicted molar refractivity (Wildman–Crippen MR) is 58.0 cm³/mol. The Kier molecular flexibility index (Phi) is 5.88. The Balaban J connectivity index is 3.70. The van der Waals surface area contributed by atoms with Crippen LogP contribution in [0, 0.1) is 0 Å². The minimum atomic E-state index is -0.469. The van der Waals surface area contributed by atoms with Gasteiger partial charge in [0.05, 0.1) is 0 Å². The van der Waals surface area contributed by atoms with Crippen LogP contribution in [0.15, 0.2) is 0 Å². The van der Waals surface area contributed by atoms with E-state index in [1.165, 1.54) is 0 Å². The van der Waals surface area contributed by atoms with Crippen LogP contribution in [0.2, 0.25) is 0 Å². The molecule has 88 valence electrons. The summed E-state index contributed by atoms with van der Waals surface area (Å²) in [6, 6.07) is 0. The fourth-order valence-corrected chi connectivity index (χ4v) is 0.809. The van der Waals surface area contributed by atoms with Gasteiger partial charge in [0.25, 0.3) is 0 Å². The van der Waals surface area contributed by atoms with Crippen LogP contribution in [0.3, 0.4) is 0 Å². The summed E-state index contributed by atoms with van der Waals surface area (Å²) in [5.74, 6) is -0.657. The molecule has 0 aromatic heterocycles. The summed E-state index contributed by atoms with van der Waals surface area (Å²) in [7, 11) is 0. The first-order chi connectivity index (χ1) is 6.85. The topological polar surface area (TPSA) is 110 Å². The standard InChI is InChI=1S/C9H20N4O2/c1-9(2,11)6-13-8(15)5-7(14)12-4-3-10/h3-6,10-11H2,1-2H3,(H,12,14)(H,13,15). The molecule has 0 heterocycles. The molecule has 2 amide bonds. The lowest BCUT2D eigenvalue weighted by atomic mass is 10.1. The summed E-state index contributed by atoms with van der Waals surface area (Å²) in [5, 5.41) is 5.08. The molecule has 6 nitrogen and oxygen atoms in total. The van der Waals surface area contributed by atoms with Crippen molar-refractivity contribution >= 4 is 11.8 Å². The SMILES string of the molecule is CC(C)(N)CNC(=O)CC(=O)NCCN. The van der Waals surface area contributed by atoms with Gasteiger partial charge < -0.3 is 22.1 Å². The highest BCUT2D eigenvalue weighted by Gasteiger charge is 2.14. The molecular weight excluding hydrogens is 196 g/mol. The third-order valence-corrected chi connectivity index (χ3v) is 1.53. The minimum absolute atomic E-state index is 0.184. The number of amides is 2. The zero-order valence-electron chi connectivity index (χ0n) is 9.30. The summed E-state index contributed by atoms with van der Waals surface area (Å²) in [5.41, 5.74) is 10.4. The number of carbonyl (C=O) groups is 2. The molecule has 15 heavy (non-hydrogen) atoms. The lowest BCUT2D eigenvalue weighted by Crippen LogP contribution is -2.46. The van der Waals surface area contributed by atoms with E-state index in [1.54, 1.807) is 13.8 Å². The van der Waals surface area contributed by atoms with Gasteiger partial charge in [0.15, 0.2) is 0 Å². The Morgan fingerprint density at radius 3 is 2.20 bits per heavy atom. The van der Waals surface area contributed by atoms with Crippen molar-refractivity contribution in [2.24, 2.45) is 11.5 Å². The van der Waals surface area contributed by atoms with Crippen LogP contribution in [-0.2, 0) is 9.59 Å². The van der Waals surface area contributed by atoms with Crippen LogP contribution in [-0.4, -0.2) is 37.0 Å². The summed E-state index contributed by atoms with van der Waals surface area (Å²) in [4.78, 5) is 22.3. The monoisotopic (exact) mass is 216 g/mol. The quantitative estimate of drug-likeness (QED) is 0.397. The van der Waals surface area contributed by atoms with E-state index in [2.05, 4.69) is 10.6 Å². The molecule has 0 aromatic carbocycles. The number of hydrogen-bond donors (Lipinski definition) is 4. The Labute approximate surface area is 89.8 Å². The van der Waals surface area contributed by atoms with E-state index in [-0.39, 0.29) is 18.2 Å². The molecule has 6 heteroatoms. The molecule has 0 aliphatic carbocycles. The van der Waals surface area contributed by atoms with Crippen LogP contribution in [0.5, 0.6) is 0 Å². The largest absolute Gasteiger partial charge is 0.354 e. The normalized spacial score (nSPS) is 10.9. The van der Waals surface area contributed by atoms with Crippen molar-refractivity contribution in [1.82, 2.24) is 10.6 Å². The molecular formula is C9H20N4O2. The number of hydrogen-bond acceptors (Lipinski definition) is 4. The maximum Gasteiger partial charge on any atom is 0.229 e. The summed E-state index contributed by atoms with van der Waals surface area (Å²) in [6.45, 7) is 4.68. The van der Waals surface area contributed by atoms with Gasteiger partial charge in [-0.05, 0) is 13.8 Å². The van der Waals surface area contributed by atoms with Crippen molar-refractivity contribution < 1.29 is 9.59 Å². The fourth-order valence-electron chi connectivity index (χ4n) is 0.809. The fraction of sp³-hybridized carbons (Fsp3) is 0.778. The Morgan fingerprint density at radius 2 is 1.73 bits per heavy atom. The first-order valence-electron chi connectivity index (χ1n) is 4.87. The zero-order chi connectivity index (χ0) is 11.9. The summed E-state index contributed by atoms with van der Waals surface area (Å²) >= 11 is 0. The van der Waals surface area contributed by atoms with E-state index in [0.717, 1.165) is 0 Å². The molecule has 0 radical (unpaired) electrons. The molecule has 0 aliphatic rings. The molecule has 0 saturated carbocycles. The Hall–Kier alpha value is -1.14. The van der Waals surface area contributed by atoms with Gasteiger partial charge >= 0.3 is 0 Å². The van der Waals surface area contributed by atoms with Crippen LogP contribution in [0.25, 0.3) is 0 Å². The molecule has 0 fully saturated rings. The van der Waals surface area contributed by atoms with E-state index in [9.17, 15) is 9.59 Å². The van der Waals surface area contributed by atoms with E-state index in [1.807, 2.05) is 0 Å². The maximum absolute atomic E-state index is 11.2. The van der Waals surface area contributed by atoms with Gasteiger partial charge in [-0.2, -0.15) is 0 Å². The van der Waals surface area contributed by atoms with E-state index < -0.39 is 5.54 Å². The molecule has 0 unspecified atom stereocenters. The first kappa shape index (κ1) is 13.9. The van der Waals surface area contributed by atoms with Gasteiger partial charge in [-0.3, -0.25) is 9.59 Å². The molecule has 0 bridgehead atoms. The number of rotatable bonds is 6. The highest BCUT2D eigenvalue weighted by molar-refractivity contribution is 5.96. The van der Waals surface area contributed by atoms with E-state index in [0.29, 0.717) is 19.6 Å². The van der Waals surface area contributed by atoms with Crippen LogP contribution < -0.4 is 22.1 Å². The van der Waals surface area contributed by atoms with Crippen molar-refractivity contribution in [3.63, 3.8) is 0 Å². The molecule has 0 saturated heterocycles. The third kappa shape index (κ3) is 9.17. The molecule has 0 rings (SSSR count). The number of nitrogens with two attached hydrogens (primary N) is 2. The molecule has 0 atom stereocenters. The Bertz CT molecular complexity index is 223. The van der Waals surface area contributed by atoms with Crippen molar-refractivity contribution in [2.75, 3.05) is 19.6 Å². The average molecular weight is 216 g/mol. The highest BCUT2D eigenvalue weighted by atomic mass is 16.2. The van der Waals surface area contributed by atoms with Crippen molar-refractivity contribution in [3.8, 4) is 0 Å². The van der Waals surface area contributed by atoms with E-state index >= 15 is 0 Å². The van der Waals surface area contributed by atoms with Crippen molar-refractivity contribution in [2.45, 2.75) is 25.8 Å². The van der Waals surface area contributed by atoms with Crippen molar-refractivity contribution in [3.05, 3.63) is 0 Å². The van der Waals surface area contributed by atoms with Gasteiger partial charge in [-0.25, -0.2) is 0 Å². The average Bonchev–Trinajstić information content (AvgIpc) is 2.10. The lowest BCUT2D eigenvalue weighted by Gasteiger charge is -2.18. The van der Waals surface area contributed by atoms with Gasteiger partial charge in [0, 0.05) is 25.2 Å². The minimum Gasteiger partial charge on any atom is -0.354 e. The molecule has 6 N–H and O–H groups in total. The van der Waals surface area contributed by atoms with Crippen LogP contribution >= 0.6 is 0 Å². The van der Waals surface area contributed by atoms with Gasteiger partial charge in [0.2, 0.25) is 11.8 Å². The molecule has 0 aliphatic heterocycles. The second-order valence-electron chi connectivity index (χ2n) is 4.08. The van der Waals surface area contributed by atoms with E-state index in [4.69, 9.17) is 11.5 Å². The Morgan fingerprint density at radius 1 is 1.20 bits per heavy atom. The maximum atomic E-state index is 11.2. The zero-order valence-corrected chi connectivity index (χ0v) is 9.30. The number of nitrogens with one attached hydrogen (secondary N) is 2. The molecule has 0 spiro atoms. The van der Waals surface area contributed by atoms with Crippen LogP contribution in [0.4, 0.5) is 0 Å². The number of carbonyl (C=O) groups excluding carboxylic acids is 2. The second kappa shape index (κ2) is 6.36. The first-order valence-corrected chi connectivity index (χ1v) is 4.87. The second-order valence-corrected chi connectivity index (χ2v) is 4.08. The lowest BCUT2D eigenvalue weighted by molar-refractivity contribution is -0.129. The van der Waals surface area contributed by atoms with Gasteiger partial charge in [-0.1, -0.05) is 0 Å².